The molecule has 2 N–H and O–H groups in total. The van der Waals surface area contributed by atoms with E-state index in [0.29, 0.717) is 17.7 Å². The number of pyridine rings is 1. The number of rotatable bonds is 5. The standard InChI is InChI=1S/C21H19N3O2/c1-15-5-11-18(12-6-15)24-21(26)17-9-7-16(8-10-17)20(25)23-14-19-4-2-3-13-22-19/h2-13H,14H2,1H3,(H,23,25)(H,24,26). The lowest BCUT2D eigenvalue weighted by Gasteiger charge is -2.07. The molecule has 130 valence electrons. The van der Waals surface area contributed by atoms with Crippen molar-refractivity contribution in [1.29, 1.82) is 0 Å². The SMILES string of the molecule is Cc1ccc(NC(=O)c2ccc(C(=O)NCc3ccccn3)cc2)cc1. The number of nitrogens with zero attached hydrogens (tertiary/aromatic N) is 1. The average Bonchev–Trinajstić information content (AvgIpc) is 2.69. The van der Waals surface area contributed by atoms with Crippen molar-refractivity contribution >= 4 is 17.5 Å². The fourth-order valence-electron chi connectivity index (χ4n) is 2.39. The predicted molar refractivity (Wildman–Crippen MR) is 101 cm³/mol. The highest BCUT2D eigenvalue weighted by molar-refractivity contribution is 6.05. The fourth-order valence-corrected chi connectivity index (χ4v) is 2.39. The number of hydrogen-bond donors (Lipinski definition) is 2. The molecule has 2 amide bonds. The largest absolute Gasteiger partial charge is 0.346 e. The molecule has 0 unspecified atom stereocenters. The molecule has 0 bridgehead atoms. The Morgan fingerprint density at radius 1 is 0.846 bits per heavy atom. The van der Waals surface area contributed by atoms with Crippen LogP contribution < -0.4 is 10.6 Å². The zero-order chi connectivity index (χ0) is 18.4. The summed E-state index contributed by atoms with van der Waals surface area (Å²) in [6.07, 6.45) is 1.68. The molecule has 3 aromatic rings. The van der Waals surface area contributed by atoms with Crippen LogP contribution in [0.3, 0.4) is 0 Å². The van der Waals surface area contributed by atoms with Crippen LogP contribution in [0.25, 0.3) is 0 Å². The van der Waals surface area contributed by atoms with Crippen molar-refractivity contribution in [3.63, 3.8) is 0 Å². The molecule has 2 aromatic carbocycles. The fraction of sp³-hybridized carbons (Fsp3) is 0.0952. The molecular formula is C21H19N3O2. The zero-order valence-electron chi connectivity index (χ0n) is 14.4. The summed E-state index contributed by atoms with van der Waals surface area (Å²) in [5.74, 6) is -0.421. The van der Waals surface area contributed by atoms with E-state index in [2.05, 4.69) is 15.6 Å². The van der Waals surface area contributed by atoms with E-state index >= 15 is 0 Å². The quantitative estimate of drug-likeness (QED) is 0.742. The first-order valence-corrected chi connectivity index (χ1v) is 8.28. The highest BCUT2D eigenvalue weighted by atomic mass is 16.2. The van der Waals surface area contributed by atoms with Crippen LogP contribution in [0.5, 0.6) is 0 Å². The number of carbonyl (C=O) groups excluding carboxylic acids is 2. The molecule has 0 radical (unpaired) electrons. The molecule has 5 heteroatoms. The highest BCUT2D eigenvalue weighted by Gasteiger charge is 2.09. The van der Waals surface area contributed by atoms with Gasteiger partial charge in [-0.2, -0.15) is 0 Å². The molecule has 0 atom stereocenters. The molecule has 1 heterocycles. The van der Waals surface area contributed by atoms with E-state index in [-0.39, 0.29) is 11.8 Å². The molecule has 26 heavy (non-hydrogen) atoms. The third kappa shape index (κ3) is 4.54. The van der Waals surface area contributed by atoms with Crippen LogP contribution in [-0.4, -0.2) is 16.8 Å². The molecule has 0 aliphatic heterocycles. The second-order valence-corrected chi connectivity index (χ2v) is 5.90. The van der Waals surface area contributed by atoms with Crippen LogP contribution in [0, 0.1) is 6.92 Å². The molecule has 0 aliphatic carbocycles. The molecule has 0 fully saturated rings. The van der Waals surface area contributed by atoms with Gasteiger partial charge < -0.3 is 10.6 Å². The Bertz CT molecular complexity index is 889. The van der Waals surface area contributed by atoms with Gasteiger partial charge in [-0.05, 0) is 55.5 Å². The highest BCUT2D eigenvalue weighted by Crippen LogP contribution is 2.12. The van der Waals surface area contributed by atoms with Gasteiger partial charge >= 0.3 is 0 Å². The zero-order valence-corrected chi connectivity index (χ0v) is 14.4. The molecule has 0 spiro atoms. The van der Waals surface area contributed by atoms with Crippen LogP contribution in [-0.2, 0) is 6.54 Å². The maximum Gasteiger partial charge on any atom is 0.255 e. The van der Waals surface area contributed by atoms with Crippen LogP contribution in [0.2, 0.25) is 0 Å². The molecule has 5 nitrogen and oxygen atoms in total. The monoisotopic (exact) mass is 345 g/mol. The molecule has 0 saturated heterocycles. The van der Waals surface area contributed by atoms with Gasteiger partial charge in [0.05, 0.1) is 12.2 Å². The first-order chi connectivity index (χ1) is 12.6. The molecule has 0 saturated carbocycles. The summed E-state index contributed by atoms with van der Waals surface area (Å²) in [7, 11) is 0. The van der Waals surface area contributed by atoms with Crippen molar-refractivity contribution in [2.24, 2.45) is 0 Å². The summed E-state index contributed by atoms with van der Waals surface area (Å²) < 4.78 is 0. The van der Waals surface area contributed by atoms with E-state index in [0.717, 1.165) is 16.9 Å². The molecule has 3 rings (SSSR count). The Hall–Kier alpha value is -3.47. The van der Waals surface area contributed by atoms with E-state index in [1.807, 2.05) is 49.4 Å². The second-order valence-electron chi connectivity index (χ2n) is 5.90. The number of benzene rings is 2. The molecule has 0 aliphatic rings. The van der Waals surface area contributed by atoms with E-state index in [1.165, 1.54) is 0 Å². The van der Waals surface area contributed by atoms with Gasteiger partial charge in [-0.3, -0.25) is 14.6 Å². The minimum absolute atomic E-state index is 0.207. The van der Waals surface area contributed by atoms with Gasteiger partial charge in [0.25, 0.3) is 11.8 Å². The van der Waals surface area contributed by atoms with Gasteiger partial charge in [-0.25, -0.2) is 0 Å². The van der Waals surface area contributed by atoms with Crippen LogP contribution >= 0.6 is 0 Å². The van der Waals surface area contributed by atoms with Gasteiger partial charge in [0.2, 0.25) is 0 Å². The number of hydrogen-bond acceptors (Lipinski definition) is 3. The summed E-state index contributed by atoms with van der Waals surface area (Å²) in [5, 5.41) is 5.64. The van der Waals surface area contributed by atoms with Crippen molar-refractivity contribution in [2.45, 2.75) is 13.5 Å². The number of nitrogens with one attached hydrogen (secondary N) is 2. The smallest absolute Gasteiger partial charge is 0.255 e. The number of aryl methyl sites for hydroxylation is 1. The third-order valence-corrected chi connectivity index (χ3v) is 3.87. The first kappa shape index (κ1) is 17.4. The predicted octanol–water partition coefficient (Wildman–Crippen LogP) is 3.57. The second kappa shape index (κ2) is 8.07. The van der Waals surface area contributed by atoms with Crippen LogP contribution in [0.1, 0.15) is 32.0 Å². The molecule has 1 aromatic heterocycles. The minimum Gasteiger partial charge on any atom is -0.346 e. The van der Waals surface area contributed by atoms with Gasteiger partial charge in [-0.15, -0.1) is 0 Å². The minimum atomic E-state index is -0.214. The normalized spacial score (nSPS) is 10.2. The maximum absolute atomic E-state index is 12.3. The average molecular weight is 345 g/mol. The van der Waals surface area contributed by atoms with Gasteiger partial charge in [0.15, 0.2) is 0 Å². The lowest BCUT2D eigenvalue weighted by molar-refractivity contribution is 0.0948. The maximum atomic E-state index is 12.3. The summed E-state index contributed by atoms with van der Waals surface area (Å²) >= 11 is 0. The summed E-state index contributed by atoms with van der Waals surface area (Å²) in [6.45, 7) is 2.35. The van der Waals surface area contributed by atoms with E-state index in [1.54, 1.807) is 30.5 Å². The van der Waals surface area contributed by atoms with Crippen molar-refractivity contribution in [3.8, 4) is 0 Å². The Morgan fingerprint density at radius 2 is 1.50 bits per heavy atom. The number of amides is 2. The summed E-state index contributed by atoms with van der Waals surface area (Å²) in [5.41, 5.74) is 3.64. The van der Waals surface area contributed by atoms with Gasteiger partial charge in [0.1, 0.15) is 0 Å². The Kier molecular flexibility index (Phi) is 5.39. The van der Waals surface area contributed by atoms with E-state index < -0.39 is 0 Å². The van der Waals surface area contributed by atoms with Gasteiger partial charge in [0, 0.05) is 23.0 Å². The lowest BCUT2D eigenvalue weighted by Crippen LogP contribution is -2.23. The summed E-state index contributed by atoms with van der Waals surface area (Å²) in [6, 6.07) is 19.7. The first-order valence-electron chi connectivity index (χ1n) is 8.28. The molecular weight excluding hydrogens is 326 g/mol. The summed E-state index contributed by atoms with van der Waals surface area (Å²) in [4.78, 5) is 28.6. The van der Waals surface area contributed by atoms with Crippen molar-refractivity contribution in [3.05, 3.63) is 95.3 Å². The van der Waals surface area contributed by atoms with E-state index in [4.69, 9.17) is 0 Å². The number of anilines is 1. The van der Waals surface area contributed by atoms with Crippen LogP contribution in [0.15, 0.2) is 72.9 Å². The van der Waals surface area contributed by atoms with Crippen molar-refractivity contribution in [1.82, 2.24) is 10.3 Å². The van der Waals surface area contributed by atoms with Crippen LogP contribution in [0.4, 0.5) is 5.69 Å². The topological polar surface area (TPSA) is 71.1 Å². The Balaban J connectivity index is 1.59. The lowest BCUT2D eigenvalue weighted by atomic mass is 10.1. The van der Waals surface area contributed by atoms with Gasteiger partial charge in [-0.1, -0.05) is 23.8 Å². The number of carbonyl (C=O) groups is 2. The number of aromatic nitrogens is 1. The Labute approximate surface area is 152 Å². The Morgan fingerprint density at radius 3 is 2.12 bits per heavy atom. The van der Waals surface area contributed by atoms with Crippen molar-refractivity contribution < 1.29 is 9.59 Å². The third-order valence-electron chi connectivity index (χ3n) is 3.87. The van der Waals surface area contributed by atoms with Crippen molar-refractivity contribution in [2.75, 3.05) is 5.32 Å². The van der Waals surface area contributed by atoms with E-state index in [9.17, 15) is 9.59 Å².